The van der Waals surface area contributed by atoms with Crippen molar-refractivity contribution in [1.82, 2.24) is 19.7 Å². The Balaban J connectivity index is 1.54. The maximum Gasteiger partial charge on any atom is 0.329 e. The van der Waals surface area contributed by atoms with Gasteiger partial charge in [0.25, 0.3) is 11.4 Å². The largest absolute Gasteiger partial charge is 0.496 e. The molecule has 5 aromatic rings. The maximum atomic E-state index is 13.0. The van der Waals surface area contributed by atoms with E-state index in [1.165, 1.54) is 0 Å². The SMILES string of the molecule is COc1ccccc1Cn1c(=O)[nH]c2cc(-c3nc(-c4ccccc4)no3)ccc2c1=O. The monoisotopic (exact) mass is 426 g/mol. The van der Waals surface area contributed by atoms with Gasteiger partial charge in [0, 0.05) is 16.7 Å². The van der Waals surface area contributed by atoms with Crippen LogP contribution in [-0.2, 0) is 6.54 Å². The van der Waals surface area contributed by atoms with Crippen molar-refractivity contribution < 1.29 is 9.26 Å². The number of hydrogen-bond acceptors (Lipinski definition) is 6. The molecule has 0 radical (unpaired) electrons. The third-order valence-electron chi connectivity index (χ3n) is 5.21. The summed E-state index contributed by atoms with van der Waals surface area (Å²) >= 11 is 0. The van der Waals surface area contributed by atoms with E-state index in [2.05, 4.69) is 15.1 Å². The highest BCUT2D eigenvalue weighted by atomic mass is 16.5. The van der Waals surface area contributed by atoms with Crippen molar-refractivity contribution in [2.45, 2.75) is 6.54 Å². The van der Waals surface area contributed by atoms with E-state index in [1.54, 1.807) is 31.4 Å². The van der Waals surface area contributed by atoms with Crippen LogP contribution in [0.3, 0.4) is 0 Å². The molecule has 3 aromatic carbocycles. The highest BCUT2D eigenvalue weighted by Crippen LogP contribution is 2.24. The summed E-state index contributed by atoms with van der Waals surface area (Å²) in [6.07, 6.45) is 0. The Hall–Kier alpha value is -4.46. The number of aromatic amines is 1. The number of H-pyrrole nitrogens is 1. The van der Waals surface area contributed by atoms with Gasteiger partial charge in [0.05, 0.1) is 24.6 Å². The van der Waals surface area contributed by atoms with Gasteiger partial charge < -0.3 is 14.2 Å². The third kappa shape index (κ3) is 3.47. The third-order valence-corrected chi connectivity index (χ3v) is 5.21. The molecule has 0 aliphatic heterocycles. The lowest BCUT2D eigenvalue weighted by atomic mass is 10.1. The second-order valence-electron chi connectivity index (χ2n) is 7.18. The molecule has 0 saturated heterocycles. The average molecular weight is 426 g/mol. The van der Waals surface area contributed by atoms with E-state index in [1.807, 2.05) is 48.5 Å². The second-order valence-corrected chi connectivity index (χ2v) is 7.18. The van der Waals surface area contributed by atoms with Gasteiger partial charge in [-0.25, -0.2) is 4.79 Å². The summed E-state index contributed by atoms with van der Waals surface area (Å²) in [6.45, 7) is 0.0972. The Labute approximate surface area is 181 Å². The average Bonchev–Trinajstić information content (AvgIpc) is 3.33. The van der Waals surface area contributed by atoms with Crippen LogP contribution in [0.25, 0.3) is 33.7 Å². The molecule has 32 heavy (non-hydrogen) atoms. The van der Waals surface area contributed by atoms with Gasteiger partial charge in [-0.3, -0.25) is 9.36 Å². The topological polar surface area (TPSA) is 103 Å². The fourth-order valence-corrected chi connectivity index (χ4v) is 3.58. The number of fused-ring (bicyclic) bond motifs is 1. The van der Waals surface area contributed by atoms with Crippen LogP contribution < -0.4 is 16.0 Å². The van der Waals surface area contributed by atoms with Gasteiger partial charge in [-0.05, 0) is 24.3 Å². The molecule has 0 bridgehead atoms. The van der Waals surface area contributed by atoms with Gasteiger partial charge in [-0.1, -0.05) is 53.7 Å². The zero-order chi connectivity index (χ0) is 22.1. The number of methoxy groups -OCH3 is 1. The molecule has 0 fully saturated rings. The van der Waals surface area contributed by atoms with Crippen molar-refractivity contribution in [2.24, 2.45) is 0 Å². The van der Waals surface area contributed by atoms with E-state index in [4.69, 9.17) is 9.26 Å². The fraction of sp³-hybridized carbons (Fsp3) is 0.0833. The summed E-state index contributed by atoms with van der Waals surface area (Å²) in [4.78, 5) is 33.0. The van der Waals surface area contributed by atoms with E-state index in [0.717, 1.165) is 15.7 Å². The lowest BCUT2D eigenvalue weighted by molar-refractivity contribution is 0.408. The van der Waals surface area contributed by atoms with E-state index >= 15 is 0 Å². The molecule has 1 N–H and O–H groups in total. The van der Waals surface area contributed by atoms with Crippen LogP contribution in [0.2, 0.25) is 0 Å². The molecular weight excluding hydrogens is 408 g/mol. The predicted octanol–water partition coefficient (Wildman–Crippen LogP) is 3.46. The fourth-order valence-electron chi connectivity index (χ4n) is 3.58. The molecule has 5 rings (SSSR count). The van der Waals surface area contributed by atoms with Crippen LogP contribution in [0.4, 0.5) is 0 Å². The molecule has 8 heteroatoms. The first-order chi connectivity index (χ1) is 15.6. The standard InChI is InChI=1S/C24H18N4O4/c1-31-20-10-6-5-9-17(20)14-28-23(29)18-12-11-16(13-19(18)25-24(28)30)22-26-21(27-32-22)15-7-3-2-4-8-15/h2-13H,14H2,1H3,(H,25,30). The summed E-state index contributed by atoms with van der Waals surface area (Å²) in [5.41, 5.74) is 1.66. The smallest absolute Gasteiger partial charge is 0.329 e. The Morgan fingerprint density at radius 1 is 0.969 bits per heavy atom. The normalized spacial score (nSPS) is 11.0. The quantitative estimate of drug-likeness (QED) is 0.462. The molecule has 0 aliphatic rings. The Kier molecular flexibility index (Phi) is 4.87. The number of benzene rings is 3. The highest BCUT2D eigenvalue weighted by Gasteiger charge is 2.14. The summed E-state index contributed by atoms with van der Waals surface area (Å²) in [7, 11) is 1.55. The molecule has 0 spiro atoms. The van der Waals surface area contributed by atoms with Crippen LogP contribution in [0.1, 0.15) is 5.56 Å². The molecule has 0 amide bonds. The lowest BCUT2D eigenvalue weighted by Gasteiger charge is -2.10. The minimum absolute atomic E-state index is 0.0972. The zero-order valence-electron chi connectivity index (χ0n) is 17.1. The first kappa shape index (κ1) is 19.5. The molecular formula is C24H18N4O4. The van der Waals surface area contributed by atoms with Crippen LogP contribution >= 0.6 is 0 Å². The van der Waals surface area contributed by atoms with E-state index in [0.29, 0.717) is 33.9 Å². The molecule has 0 aliphatic carbocycles. The van der Waals surface area contributed by atoms with E-state index in [9.17, 15) is 9.59 Å². The van der Waals surface area contributed by atoms with Crippen molar-refractivity contribution in [3.8, 4) is 28.6 Å². The molecule has 0 unspecified atom stereocenters. The molecule has 0 atom stereocenters. The number of para-hydroxylation sites is 1. The van der Waals surface area contributed by atoms with Gasteiger partial charge in [-0.2, -0.15) is 4.98 Å². The van der Waals surface area contributed by atoms with Gasteiger partial charge >= 0.3 is 5.69 Å². The predicted molar refractivity (Wildman–Crippen MR) is 120 cm³/mol. The summed E-state index contributed by atoms with van der Waals surface area (Å²) in [6, 6.07) is 21.8. The summed E-state index contributed by atoms with van der Waals surface area (Å²) in [5, 5.41) is 4.40. The van der Waals surface area contributed by atoms with Crippen molar-refractivity contribution in [1.29, 1.82) is 0 Å². The number of nitrogens with zero attached hydrogens (tertiary/aromatic N) is 3. The number of ether oxygens (including phenoxy) is 1. The van der Waals surface area contributed by atoms with Crippen molar-refractivity contribution in [3.63, 3.8) is 0 Å². The van der Waals surface area contributed by atoms with Gasteiger partial charge in [0.1, 0.15) is 5.75 Å². The molecule has 2 heterocycles. The molecule has 8 nitrogen and oxygen atoms in total. The first-order valence-corrected chi connectivity index (χ1v) is 9.92. The maximum absolute atomic E-state index is 13.0. The number of rotatable bonds is 5. The Bertz CT molecular complexity index is 1530. The van der Waals surface area contributed by atoms with Crippen LogP contribution in [0, 0.1) is 0 Å². The Morgan fingerprint density at radius 3 is 2.56 bits per heavy atom. The van der Waals surface area contributed by atoms with Gasteiger partial charge in [0.15, 0.2) is 0 Å². The van der Waals surface area contributed by atoms with Gasteiger partial charge in [0.2, 0.25) is 5.82 Å². The highest BCUT2D eigenvalue weighted by molar-refractivity contribution is 5.82. The minimum atomic E-state index is -0.513. The minimum Gasteiger partial charge on any atom is -0.496 e. The molecule has 2 aromatic heterocycles. The Morgan fingerprint density at radius 2 is 1.75 bits per heavy atom. The van der Waals surface area contributed by atoms with Crippen LogP contribution in [0.5, 0.6) is 5.75 Å². The second kappa shape index (κ2) is 7.99. The van der Waals surface area contributed by atoms with E-state index < -0.39 is 11.2 Å². The summed E-state index contributed by atoms with van der Waals surface area (Å²) < 4.78 is 11.9. The van der Waals surface area contributed by atoms with E-state index in [-0.39, 0.29) is 6.54 Å². The first-order valence-electron chi connectivity index (χ1n) is 9.92. The molecule has 0 saturated carbocycles. The zero-order valence-corrected chi connectivity index (χ0v) is 17.1. The van der Waals surface area contributed by atoms with Gasteiger partial charge in [-0.15, -0.1) is 0 Å². The lowest BCUT2D eigenvalue weighted by Crippen LogP contribution is -2.35. The van der Waals surface area contributed by atoms with Crippen LogP contribution in [-0.4, -0.2) is 26.8 Å². The van der Waals surface area contributed by atoms with Crippen molar-refractivity contribution >= 4 is 10.9 Å². The summed E-state index contributed by atoms with van der Waals surface area (Å²) in [5.74, 6) is 1.37. The molecule has 158 valence electrons. The van der Waals surface area contributed by atoms with Crippen LogP contribution in [0.15, 0.2) is 86.9 Å². The number of aromatic nitrogens is 4. The van der Waals surface area contributed by atoms with Crippen molar-refractivity contribution in [2.75, 3.05) is 7.11 Å². The number of nitrogens with one attached hydrogen (secondary N) is 1. The number of hydrogen-bond donors (Lipinski definition) is 1. The van der Waals surface area contributed by atoms with Crippen molar-refractivity contribution in [3.05, 3.63) is 99.2 Å².